The van der Waals surface area contributed by atoms with Crippen LogP contribution in [0.25, 0.3) is 0 Å². The smallest absolute Gasteiger partial charge is 0.193 e. The molecule has 1 N–H and O–H groups in total. The number of rotatable bonds is 5. The van der Waals surface area contributed by atoms with Crippen LogP contribution in [0.2, 0.25) is 0 Å². The lowest BCUT2D eigenvalue weighted by Gasteiger charge is -2.23. The molecule has 2 unspecified atom stereocenters. The van der Waals surface area contributed by atoms with Gasteiger partial charge in [0.05, 0.1) is 0 Å². The van der Waals surface area contributed by atoms with E-state index in [1.165, 1.54) is 44.5 Å². The first-order valence-corrected chi connectivity index (χ1v) is 9.53. The van der Waals surface area contributed by atoms with Crippen molar-refractivity contribution in [3.8, 4) is 0 Å². The van der Waals surface area contributed by atoms with Gasteiger partial charge in [0.2, 0.25) is 0 Å². The van der Waals surface area contributed by atoms with Gasteiger partial charge in [-0.1, -0.05) is 37.3 Å². The molecule has 140 valence electrons. The zero-order valence-electron chi connectivity index (χ0n) is 15.7. The molecule has 2 aliphatic rings. The van der Waals surface area contributed by atoms with Crippen LogP contribution in [0.3, 0.4) is 0 Å². The topological polar surface area (TPSA) is 30.9 Å². The summed E-state index contributed by atoms with van der Waals surface area (Å²) in [7, 11) is 1.91. The summed E-state index contributed by atoms with van der Waals surface area (Å²) in [5.41, 5.74) is 1.46. The van der Waals surface area contributed by atoms with Gasteiger partial charge in [-0.05, 0) is 43.8 Å². The molecule has 0 radical (unpaired) electrons. The van der Waals surface area contributed by atoms with E-state index < -0.39 is 0 Å². The monoisotopic (exact) mass is 456 g/mol. The van der Waals surface area contributed by atoms with E-state index in [9.17, 15) is 0 Å². The fraction of sp³-hybridized carbons (Fsp3) is 0.650. The number of nitrogens with zero attached hydrogens (tertiary/aromatic N) is 3. The van der Waals surface area contributed by atoms with Gasteiger partial charge in [0.25, 0.3) is 0 Å². The van der Waals surface area contributed by atoms with Crippen LogP contribution >= 0.6 is 24.0 Å². The number of halogens is 1. The molecule has 2 fully saturated rings. The predicted octanol–water partition coefficient (Wildman–Crippen LogP) is 3.40. The second kappa shape index (κ2) is 10.4. The molecule has 2 aliphatic heterocycles. The Hall–Kier alpha value is -0.820. The second-order valence-corrected chi connectivity index (χ2v) is 7.23. The van der Waals surface area contributed by atoms with Crippen molar-refractivity contribution in [2.45, 2.75) is 32.1 Å². The number of benzene rings is 1. The van der Waals surface area contributed by atoms with Crippen molar-refractivity contribution < 1.29 is 0 Å². The average Bonchev–Trinajstić information content (AvgIpc) is 3.27. The van der Waals surface area contributed by atoms with E-state index in [1.54, 1.807) is 0 Å². The van der Waals surface area contributed by atoms with E-state index in [1.807, 2.05) is 7.05 Å². The maximum Gasteiger partial charge on any atom is 0.193 e. The van der Waals surface area contributed by atoms with Gasteiger partial charge in [0.1, 0.15) is 0 Å². The fourth-order valence-corrected chi connectivity index (χ4v) is 4.12. The first-order valence-electron chi connectivity index (χ1n) is 9.53. The number of aliphatic imine (C=N–C) groups is 1. The van der Waals surface area contributed by atoms with Crippen LogP contribution < -0.4 is 5.32 Å². The van der Waals surface area contributed by atoms with Gasteiger partial charge in [0.15, 0.2) is 5.96 Å². The third kappa shape index (κ3) is 5.58. The van der Waals surface area contributed by atoms with Crippen LogP contribution in [0.1, 0.15) is 37.7 Å². The third-order valence-corrected chi connectivity index (χ3v) is 5.43. The normalized spacial score (nSPS) is 24.4. The Morgan fingerprint density at radius 3 is 2.68 bits per heavy atom. The molecule has 0 aromatic heterocycles. The molecule has 25 heavy (non-hydrogen) atoms. The Morgan fingerprint density at radius 2 is 1.96 bits per heavy atom. The minimum atomic E-state index is 0. The van der Waals surface area contributed by atoms with Crippen molar-refractivity contribution in [3.05, 3.63) is 35.9 Å². The molecule has 1 aromatic rings. The number of hydrogen-bond acceptors (Lipinski definition) is 2. The van der Waals surface area contributed by atoms with Gasteiger partial charge in [-0.15, -0.1) is 24.0 Å². The largest absolute Gasteiger partial charge is 0.356 e. The molecule has 2 heterocycles. The van der Waals surface area contributed by atoms with Gasteiger partial charge in [-0.3, -0.25) is 4.99 Å². The Bertz CT molecular complexity index is 534. The Kier molecular flexibility index (Phi) is 8.49. The highest BCUT2D eigenvalue weighted by Crippen LogP contribution is 2.27. The predicted molar refractivity (Wildman–Crippen MR) is 117 cm³/mol. The molecule has 0 saturated carbocycles. The van der Waals surface area contributed by atoms with E-state index in [4.69, 9.17) is 0 Å². The average molecular weight is 456 g/mol. The van der Waals surface area contributed by atoms with Crippen LogP contribution in [0.4, 0.5) is 0 Å². The van der Waals surface area contributed by atoms with Crippen molar-refractivity contribution in [2.24, 2.45) is 10.9 Å². The summed E-state index contributed by atoms with van der Waals surface area (Å²) >= 11 is 0. The quantitative estimate of drug-likeness (QED) is 0.419. The molecular formula is C20H33IN4. The molecule has 5 heteroatoms. The summed E-state index contributed by atoms with van der Waals surface area (Å²) in [5.74, 6) is 2.49. The minimum Gasteiger partial charge on any atom is -0.356 e. The van der Waals surface area contributed by atoms with E-state index in [0.29, 0.717) is 5.92 Å². The van der Waals surface area contributed by atoms with Crippen molar-refractivity contribution in [1.82, 2.24) is 15.1 Å². The first-order chi connectivity index (χ1) is 11.8. The summed E-state index contributed by atoms with van der Waals surface area (Å²) in [6.45, 7) is 9.25. The third-order valence-electron chi connectivity index (χ3n) is 5.43. The maximum absolute atomic E-state index is 4.53. The number of hydrogen-bond donors (Lipinski definition) is 1. The van der Waals surface area contributed by atoms with Crippen molar-refractivity contribution in [1.29, 1.82) is 0 Å². The lowest BCUT2D eigenvalue weighted by Crippen LogP contribution is -2.42. The number of guanidine groups is 1. The van der Waals surface area contributed by atoms with E-state index in [2.05, 4.69) is 57.4 Å². The number of likely N-dealkylation sites (tertiary alicyclic amines) is 2. The highest BCUT2D eigenvalue weighted by molar-refractivity contribution is 14.0. The molecule has 0 amide bonds. The molecule has 3 rings (SSSR count). The number of nitrogens with one attached hydrogen (secondary N) is 1. The molecule has 4 nitrogen and oxygen atoms in total. The minimum absolute atomic E-state index is 0. The van der Waals surface area contributed by atoms with E-state index in [0.717, 1.165) is 31.5 Å². The lowest BCUT2D eigenvalue weighted by molar-refractivity contribution is 0.324. The van der Waals surface area contributed by atoms with E-state index in [-0.39, 0.29) is 24.0 Å². The van der Waals surface area contributed by atoms with Crippen LogP contribution in [0.15, 0.2) is 35.3 Å². The summed E-state index contributed by atoms with van der Waals surface area (Å²) in [4.78, 5) is 9.55. The zero-order chi connectivity index (χ0) is 16.8. The van der Waals surface area contributed by atoms with Crippen molar-refractivity contribution in [3.63, 3.8) is 0 Å². The Morgan fingerprint density at radius 1 is 1.16 bits per heavy atom. The fourth-order valence-electron chi connectivity index (χ4n) is 4.12. The van der Waals surface area contributed by atoms with Gasteiger partial charge in [-0.25, -0.2) is 0 Å². The standard InChI is InChI=1S/C20H32N4.HI/c1-3-11-23-12-9-17(15-23)14-22-20(21-2)24-13-10-19(16-24)18-7-5-4-6-8-18;/h4-8,17,19H,3,9-16H2,1-2H3,(H,21,22);1H. The van der Waals surface area contributed by atoms with Gasteiger partial charge in [-0.2, -0.15) is 0 Å². The lowest BCUT2D eigenvalue weighted by atomic mass is 9.99. The molecule has 2 atom stereocenters. The second-order valence-electron chi connectivity index (χ2n) is 7.23. The van der Waals surface area contributed by atoms with Gasteiger partial charge >= 0.3 is 0 Å². The Labute approximate surface area is 170 Å². The molecule has 1 aromatic carbocycles. The van der Waals surface area contributed by atoms with Crippen LogP contribution in [-0.2, 0) is 0 Å². The van der Waals surface area contributed by atoms with E-state index >= 15 is 0 Å². The SMILES string of the molecule is CCCN1CCC(CNC(=NC)N2CCC(c3ccccc3)C2)C1.I. The highest BCUT2D eigenvalue weighted by Gasteiger charge is 2.27. The van der Waals surface area contributed by atoms with Crippen molar-refractivity contribution >= 4 is 29.9 Å². The molecule has 0 aliphatic carbocycles. The summed E-state index contributed by atoms with van der Waals surface area (Å²) in [5, 5.41) is 3.64. The summed E-state index contributed by atoms with van der Waals surface area (Å²) in [6, 6.07) is 10.9. The van der Waals surface area contributed by atoms with Crippen molar-refractivity contribution in [2.75, 3.05) is 46.3 Å². The first kappa shape index (κ1) is 20.5. The maximum atomic E-state index is 4.53. The molecular weight excluding hydrogens is 423 g/mol. The summed E-state index contributed by atoms with van der Waals surface area (Å²) in [6.07, 6.45) is 3.80. The van der Waals surface area contributed by atoms with Crippen LogP contribution in [0, 0.1) is 5.92 Å². The van der Waals surface area contributed by atoms with Gasteiger partial charge in [0, 0.05) is 39.1 Å². The molecule has 0 bridgehead atoms. The Balaban J connectivity index is 0.00000225. The molecule has 0 spiro atoms. The summed E-state index contributed by atoms with van der Waals surface area (Å²) < 4.78 is 0. The van der Waals surface area contributed by atoms with Gasteiger partial charge < -0.3 is 15.1 Å². The van der Waals surface area contributed by atoms with Crippen LogP contribution in [-0.4, -0.2) is 62.1 Å². The molecule has 2 saturated heterocycles. The zero-order valence-corrected chi connectivity index (χ0v) is 18.0. The highest BCUT2D eigenvalue weighted by atomic mass is 127. The van der Waals surface area contributed by atoms with Crippen LogP contribution in [0.5, 0.6) is 0 Å².